The zero-order valence-electron chi connectivity index (χ0n) is 13.5. The number of aromatic nitrogens is 3. The molecule has 1 saturated carbocycles. The summed E-state index contributed by atoms with van der Waals surface area (Å²) in [5.74, 6) is 3.80. The third-order valence-corrected chi connectivity index (χ3v) is 4.86. The van der Waals surface area contributed by atoms with Crippen molar-refractivity contribution >= 4 is 5.82 Å². The fraction of sp³-hybridized carbons (Fsp3) is 0.588. The van der Waals surface area contributed by atoms with Gasteiger partial charge in [-0.2, -0.15) is 4.98 Å². The maximum Gasteiger partial charge on any atom is 0.243 e. The van der Waals surface area contributed by atoms with Crippen LogP contribution in [0.4, 0.5) is 5.82 Å². The molecular weight excluding hydrogens is 290 g/mol. The van der Waals surface area contributed by atoms with Gasteiger partial charge in [0.1, 0.15) is 5.82 Å². The molecule has 122 valence electrons. The van der Waals surface area contributed by atoms with Gasteiger partial charge in [-0.05, 0) is 50.8 Å². The third-order valence-electron chi connectivity index (χ3n) is 4.86. The SMILES string of the molecule is C[C@H](c1nc(C2CC2)no1)N1CC[C@H](CNc2ccccn2)C1. The lowest BCUT2D eigenvalue weighted by atomic mass is 10.1. The number of rotatable bonds is 6. The van der Waals surface area contributed by atoms with E-state index in [1.165, 1.54) is 19.3 Å². The Morgan fingerprint density at radius 1 is 1.35 bits per heavy atom. The number of pyridine rings is 1. The van der Waals surface area contributed by atoms with Gasteiger partial charge in [0.2, 0.25) is 5.89 Å². The van der Waals surface area contributed by atoms with E-state index in [1.807, 2.05) is 24.4 Å². The number of nitrogens with zero attached hydrogens (tertiary/aromatic N) is 4. The minimum atomic E-state index is 0.204. The molecule has 2 aromatic heterocycles. The van der Waals surface area contributed by atoms with E-state index in [0.717, 1.165) is 37.2 Å². The molecule has 3 heterocycles. The van der Waals surface area contributed by atoms with Gasteiger partial charge in [0, 0.05) is 25.2 Å². The zero-order chi connectivity index (χ0) is 15.6. The summed E-state index contributed by atoms with van der Waals surface area (Å²) >= 11 is 0. The van der Waals surface area contributed by atoms with Crippen LogP contribution >= 0.6 is 0 Å². The predicted octanol–water partition coefficient (Wildman–Crippen LogP) is 2.84. The molecule has 1 aliphatic heterocycles. The van der Waals surface area contributed by atoms with Crippen LogP contribution in [0.1, 0.15) is 49.9 Å². The van der Waals surface area contributed by atoms with Crippen LogP contribution in [-0.2, 0) is 0 Å². The quantitative estimate of drug-likeness (QED) is 0.884. The van der Waals surface area contributed by atoms with Crippen LogP contribution in [0.3, 0.4) is 0 Å². The van der Waals surface area contributed by atoms with Crippen LogP contribution in [-0.4, -0.2) is 39.7 Å². The van der Waals surface area contributed by atoms with E-state index in [0.29, 0.717) is 11.8 Å². The maximum absolute atomic E-state index is 5.48. The fourth-order valence-corrected chi connectivity index (χ4v) is 3.18. The second kappa shape index (κ2) is 6.28. The first-order chi connectivity index (χ1) is 11.3. The maximum atomic E-state index is 5.48. The lowest BCUT2D eigenvalue weighted by Gasteiger charge is -2.21. The number of nitrogens with one attached hydrogen (secondary N) is 1. The standard InChI is InChI=1S/C17H23N5O/c1-12(17-20-16(21-23-17)14-5-6-14)22-9-7-13(11-22)10-19-15-4-2-3-8-18-15/h2-4,8,12-14H,5-7,9-11H2,1H3,(H,18,19)/t12-,13-/m1/s1. The lowest BCUT2D eigenvalue weighted by Crippen LogP contribution is -2.26. The highest BCUT2D eigenvalue weighted by molar-refractivity contribution is 5.33. The van der Waals surface area contributed by atoms with Crippen LogP contribution in [0.25, 0.3) is 0 Å². The first kappa shape index (κ1) is 14.6. The molecule has 2 aromatic rings. The molecule has 0 radical (unpaired) electrons. The Hall–Kier alpha value is -1.95. The second-order valence-electron chi connectivity index (χ2n) is 6.69. The van der Waals surface area contributed by atoms with Crippen molar-refractivity contribution in [2.24, 2.45) is 5.92 Å². The highest BCUT2D eigenvalue weighted by Gasteiger charge is 2.32. The molecular formula is C17H23N5O. The van der Waals surface area contributed by atoms with Gasteiger partial charge in [0.15, 0.2) is 5.82 Å². The van der Waals surface area contributed by atoms with Crippen LogP contribution in [0.5, 0.6) is 0 Å². The number of anilines is 1. The second-order valence-corrected chi connectivity index (χ2v) is 6.69. The zero-order valence-corrected chi connectivity index (χ0v) is 13.5. The van der Waals surface area contributed by atoms with Crippen LogP contribution in [0, 0.1) is 5.92 Å². The minimum Gasteiger partial charge on any atom is -0.370 e. The summed E-state index contributed by atoms with van der Waals surface area (Å²) < 4.78 is 5.48. The van der Waals surface area contributed by atoms with E-state index >= 15 is 0 Å². The van der Waals surface area contributed by atoms with Gasteiger partial charge in [0.25, 0.3) is 0 Å². The molecule has 2 aliphatic rings. The van der Waals surface area contributed by atoms with E-state index < -0.39 is 0 Å². The Morgan fingerprint density at radius 2 is 2.26 bits per heavy atom. The first-order valence-corrected chi connectivity index (χ1v) is 8.52. The Kier molecular flexibility index (Phi) is 3.99. The fourth-order valence-electron chi connectivity index (χ4n) is 3.18. The van der Waals surface area contributed by atoms with Gasteiger partial charge < -0.3 is 9.84 Å². The summed E-state index contributed by atoms with van der Waals surface area (Å²) in [6.45, 7) is 5.26. The van der Waals surface area contributed by atoms with Gasteiger partial charge in [-0.1, -0.05) is 11.2 Å². The van der Waals surface area contributed by atoms with E-state index in [-0.39, 0.29) is 6.04 Å². The van der Waals surface area contributed by atoms with Crippen molar-refractivity contribution in [2.45, 2.75) is 38.1 Å². The topological polar surface area (TPSA) is 67.1 Å². The van der Waals surface area contributed by atoms with E-state index in [1.54, 1.807) is 0 Å². The molecule has 0 amide bonds. The molecule has 2 fully saturated rings. The molecule has 1 N–H and O–H groups in total. The van der Waals surface area contributed by atoms with Crippen molar-refractivity contribution in [3.63, 3.8) is 0 Å². The van der Waals surface area contributed by atoms with Gasteiger partial charge in [-0.3, -0.25) is 4.90 Å². The van der Waals surface area contributed by atoms with Crippen molar-refractivity contribution in [3.05, 3.63) is 36.1 Å². The monoisotopic (exact) mass is 313 g/mol. The molecule has 0 unspecified atom stereocenters. The third kappa shape index (κ3) is 3.37. The van der Waals surface area contributed by atoms with Crippen molar-refractivity contribution in [1.29, 1.82) is 0 Å². The molecule has 2 atom stereocenters. The van der Waals surface area contributed by atoms with Crippen molar-refractivity contribution in [1.82, 2.24) is 20.0 Å². The van der Waals surface area contributed by atoms with Gasteiger partial charge in [0.05, 0.1) is 6.04 Å². The van der Waals surface area contributed by atoms with Crippen LogP contribution in [0.2, 0.25) is 0 Å². The molecule has 1 saturated heterocycles. The molecule has 1 aliphatic carbocycles. The van der Waals surface area contributed by atoms with Crippen molar-refractivity contribution in [2.75, 3.05) is 25.0 Å². The van der Waals surface area contributed by atoms with Crippen molar-refractivity contribution < 1.29 is 4.52 Å². The molecule has 0 bridgehead atoms. The lowest BCUT2D eigenvalue weighted by molar-refractivity contribution is 0.203. The van der Waals surface area contributed by atoms with Gasteiger partial charge >= 0.3 is 0 Å². The summed E-state index contributed by atoms with van der Waals surface area (Å²) in [6, 6.07) is 6.15. The summed E-state index contributed by atoms with van der Waals surface area (Å²) in [7, 11) is 0. The van der Waals surface area contributed by atoms with Gasteiger partial charge in [-0.25, -0.2) is 4.98 Å². The highest BCUT2D eigenvalue weighted by atomic mass is 16.5. The molecule has 4 rings (SSSR count). The summed E-state index contributed by atoms with van der Waals surface area (Å²) in [6.07, 6.45) is 5.42. The molecule has 0 spiro atoms. The van der Waals surface area contributed by atoms with Crippen LogP contribution in [0.15, 0.2) is 28.9 Å². The average molecular weight is 313 g/mol. The van der Waals surface area contributed by atoms with E-state index in [4.69, 9.17) is 4.52 Å². The molecule has 6 nitrogen and oxygen atoms in total. The smallest absolute Gasteiger partial charge is 0.243 e. The Morgan fingerprint density at radius 3 is 3.04 bits per heavy atom. The predicted molar refractivity (Wildman–Crippen MR) is 87.1 cm³/mol. The van der Waals surface area contributed by atoms with E-state index in [2.05, 4.69) is 32.3 Å². The Balaban J connectivity index is 1.30. The average Bonchev–Trinajstić information content (AvgIpc) is 3.14. The number of hydrogen-bond donors (Lipinski definition) is 1. The molecule has 0 aromatic carbocycles. The van der Waals surface area contributed by atoms with Gasteiger partial charge in [-0.15, -0.1) is 0 Å². The summed E-state index contributed by atoms with van der Waals surface area (Å²) in [4.78, 5) is 11.3. The van der Waals surface area contributed by atoms with E-state index in [9.17, 15) is 0 Å². The minimum absolute atomic E-state index is 0.204. The largest absolute Gasteiger partial charge is 0.370 e. The van der Waals surface area contributed by atoms with Crippen molar-refractivity contribution in [3.8, 4) is 0 Å². The molecule has 23 heavy (non-hydrogen) atoms. The Bertz CT molecular complexity index is 639. The Labute approximate surface area is 136 Å². The normalized spacial score (nSPS) is 23.1. The molecule has 6 heteroatoms. The summed E-state index contributed by atoms with van der Waals surface area (Å²) in [5.41, 5.74) is 0. The first-order valence-electron chi connectivity index (χ1n) is 8.52. The highest BCUT2D eigenvalue weighted by Crippen LogP contribution is 2.39. The number of likely N-dealkylation sites (tertiary alicyclic amines) is 1. The number of hydrogen-bond acceptors (Lipinski definition) is 6. The van der Waals surface area contributed by atoms with Crippen LogP contribution < -0.4 is 5.32 Å². The summed E-state index contributed by atoms with van der Waals surface area (Å²) in [5, 5.41) is 7.56.